The minimum absolute atomic E-state index is 0.128. The fourth-order valence-electron chi connectivity index (χ4n) is 2.57. The van der Waals surface area contributed by atoms with Gasteiger partial charge in [0.15, 0.2) is 5.57 Å². The van der Waals surface area contributed by atoms with E-state index < -0.39 is 23.6 Å². The van der Waals surface area contributed by atoms with Gasteiger partial charge in [-0.1, -0.05) is 12.1 Å². The van der Waals surface area contributed by atoms with Crippen LogP contribution in [-0.2, 0) is 28.7 Å². The third kappa shape index (κ3) is 3.52. The molecular weight excluding hydrogens is 328 g/mol. The average molecular weight is 344 g/mol. The van der Waals surface area contributed by atoms with Crippen LogP contribution >= 0.6 is 0 Å². The lowest BCUT2D eigenvalue weighted by Crippen LogP contribution is -2.42. The second-order valence-electron chi connectivity index (χ2n) is 6.17. The van der Waals surface area contributed by atoms with Gasteiger partial charge in [-0.3, -0.25) is 14.9 Å². The van der Waals surface area contributed by atoms with E-state index in [9.17, 15) is 19.2 Å². The highest BCUT2D eigenvalue weighted by molar-refractivity contribution is 6.15. The van der Waals surface area contributed by atoms with E-state index in [1.54, 1.807) is 24.3 Å². The zero-order valence-corrected chi connectivity index (χ0v) is 13.6. The van der Waals surface area contributed by atoms with E-state index in [0.29, 0.717) is 11.3 Å². The van der Waals surface area contributed by atoms with Crippen molar-refractivity contribution >= 4 is 29.4 Å². The number of imide groups is 1. The molecule has 25 heavy (non-hydrogen) atoms. The van der Waals surface area contributed by atoms with Gasteiger partial charge >= 0.3 is 11.9 Å². The second kappa shape index (κ2) is 6.04. The number of carbonyl (C=O) groups excluding carboxylic acids is 4. The second-order valence-corrected chi connectivity index (χ2v) is 6.17. The van der Waals surface area contributed by atoms with Crippen molar-refractivity contribution in [2.24, 2.45) is 0 Å². The molecule has 0 aromatic heterocycles. The Kier molecular flexibility index (Phi) is 4.03. The van der Waals surface area contributed by atoms with Gasteiger partial charge in [0.05, 0.1) is 5.92 Å². The summed E-state index contributed by atoms with van der Waals surface area (Å²) >= 11 is 0. The number of anilines is 1. The molecule has 0 radical (unpaired) electrons. The Morgan fingerprint density at radius 1 is 1.08 bits per heavy atom. The molecule has 0 saturated carbocycles. The Bertz CT molecular complexity index is 772. The van der Waals surface area contributed by atoms with Crippen molar-refractivity contribution < 1.29 is 28.7 Å². The number of amides is 2. The van der Waals surface area contributed by atoms with Crippen molar-refractivity contribution in [3.05, 3.63) is 41.6 Å². The first-order valence-electron chi connectivity index (χ1n) is 7.62. The number of benzene rings is 1. The highest BCUT2D eigenvalue weighted by atomic mass is 16.7. The van der Waals surface area contributed by atoms with Crippen LogP contribution < -0.4 is 10.6 Å². The van der Waals surface area contributed by atoms with Crippen LogP contribution in [-0.4, -0.2) is 29.5 Å². The maximum atomic E-state index is 11.8. The lowest BCUT2D eigenvalue weighted by atomic mass is 9.97. The number of cyclic esters (lactones) is 2. The minimum atomic E-state index is -1.29. The van der Waals surface area contributed by atoms with Gasteiger partial charge in [-0.2, -0.15) is 0 Å². The molecule has 0 aliphatic carbocycles. The van der Waals surface area contributed by atoms with E-state index in [0.717, 1.165) is 0 Å². The molecule has 0 spiro atoms. The van der Waals surface area contributed by atoms with Gasteiger partial charge in [0, 0.05) is 32.2 Å². The normalized spacial score (nSPS) is 22.2. The first-order valence-corrected chi connectivity index (χ1v) is 7.62. The van der Waals surface area contributed by atoms with Crippen molar-refractivity contribution in [3.63, 3.8) is 0 Å². The predicted molar refractivity (Wildman–Crippen MR) is 84.9 cm³/mol. The van der Waals surface area contributed by atoms with Crippen LogP contribution in [0.25, 0.3) is 0 Å². The summed E-state index contributed by atoms with van der Waals surface area (Å²) in [6, 6.07) is 6.74. The van der Waals surface area contributed by atoms with Crippen LogP contribution in [0.2, 0.25) is 0 Å². The SMILES string of the molecule is CC1(C)OC(=O)C(=CNc2ccc(C3CC(=O)NC3=O)cc2)C(=O)O1. The molecule has 8 heteroatoms. The highest BCUT2D eigenvalue weighted by Crippen LogP contribution is 2.26. The van der Waals surface area contributed by atoms with Crippen molar-refractivity contribution in [2.75, 3.05) is 5.32 Å². The van der Waals surface area contributed by atoms with Crippen LogP contribution in [0.3, 0.4) is 0 Å². The number of esters is 2. The molecule has 0 bridgehead atoms. The number of nitrogens with one attached hydrogen (secondary N) is 2. The Labute approximate surface area is 143 Å². The van der Waals surface area contributed by atoms with E-state index in [1.807, 2.05) is 0 Å². The Balaban J connectivity index is 1.70. The summed E-state index contributed by atoms with van der Waals surface area (Å²) in [7, 11) is 0. The van der Waals surface area contributed by atoms with Gasteiger partial charge in [-0.05, 0) is 17.7 Å². The van der Waals surface area contributed by atoms with Crippen LogP contribution in [0.4, 0.5) is 5.69 Å². The summed E-state index contributed by atoms with van der Waals surface area (Å²) < 4.78 is 9.97. The van der Waals surface area contributed by atoms with Gasteiger partial charge in [0.2, 0.25) is 11.8 Å². The number of hydrogen-bond donors (Lipinski definition) is 2. The largest absolute Gasteiger partial charge is 0.419 e. The molecule has 2 fully saturated rings. The Morgan fingerprint density at radius 2 is 1.68 bits per heavy atom. The summed E-state index contributed by atoms with van der Waals surface area (Å²) in [6.07, 6.45) is 1.34. The van der Waals surface area contributed by atoms with Crippen molar-refractivity contribution in [3.8, 4) is 0 Å². The molecule has 2 heterocycles. The fraction of sp³-hybridized carbons (Fsp3) is 0.294. The molecule has 3 rings (SSSR count). The maximum Gasteiger partial charge on any atom is 0.350 e. The third-order valence-electron chi connectivity index (χ3n) is 3.78. The van der Waals surface area contributed by atoms with Gasteiger partial charge in [0.1, 0.15) is 0 Å². The monoisotopic (exact) mass is 344 g/mol. The molecule has 2 aliphatic rings. The summed E-state index contributed by atoms with van der Waals surface area (Å²) in [4.78, 5) is 46.6. The van der Waals surface area contributed by atoms with Crippen LogP contribution in [0.15, 0.2) is 36.0 Å². The Morgan fingerprint density at radius 3 is 2.20 bits per heavy atom. The van der Waals surface area contributed by atoms with E-state index in [-0.39, 0.29) is 23.8 Å². The van der Waals surface area contributed by atoms with E-state index in [4.69, 9.17) is 9.47 Å². The molecular formula is C17H16N2O6. The zero-order valence-electron chi connectivity index (χ0n) is 13.6. The van der Waals surface area contributed by atoms with Crippen molar-refractivity contribution in [2.45, 2.75) is 32.0 Å². The van der Waals surface area contributed by atoms with Gasteiger partial charge in [-0.15, -0.1) is 0 Å². The molecule has 2 aliphatic heterocycles. The first kappa shape index (κ1) is 16.7. The quantitative estimate of drug-likeness (QED) is 0.363. The lowest BCUT2D eigenvalue weighted by molar-refractivity contribution is -0.222. The molecule has 1 unspecified atom stereocenters. The number of rotatable bonds is 3. The molecule has 1 aromatic carbocycles. The molecule has 2 amide bonds. The molecule has 130 valence electrons. The summed E-state index contributed by atoms with van der Waals surface area (Å²) in [5.74, 6) is -3.93. The van der Waals surface area contributed by atoms with E-state index in [2.05, 4.69) is 10.6 Å². The summed E-state index contributed by atoms with van der Waals surface area (Å²) in [5, 5.41) is 5.07. The number of ether oxygens (including phenoxy) is 2. The summed E-state index contributed by atoms with van der Waals surface area (Å²) in [6.45, 7) is 2.94. The van der Waals surface area contributed by atoms with Crippen LogP contribution in [0.1, 0.15) is 31.7 Å². The smallest absolute Gasteiger partial charge is 0.350 e. The van der Waals surface area contributed by atoms with Crippen molar-refractivity contribution in [1.82, 2.24) is 5.32 Å². The topological polar surface area (TPSA) is 111 Å². The first-order chi connectivity index (χ1) is 11.7. The number of hydrogen-bond acceptors (Lipinski definition) is 7. The van der Waals surface area contributed by atoms with Gasteiger partial charge < -0.3 is 14.8 Å². The van der Waals surface area contributed by atoms with Gasteiger partial charge in [-0.25, -0.2) is 9.59 Å². The molecule has 1 aromatic rings. The average Bonchev–Trinajstić information content (AvgIpc) is 2.84. The lowest BCUT2D eigenvalue weighted by Gasteiger charge is -2.29. The van der Waals surface area contributed by atoms with E-state index >= 15 is 0 Å². The van der Waals surface area contributed by atoms with Crippen LogP contribution in [0, 0.1) is 0 Å². The minimum Gasteiger partial charge on any atom is -0.419 e. The zero-order chi connectivity index (χ0) is 18.2. The van der Waals surface area contributed by atoms with Gasteiger partial charge in [0.25, 0.3) is 5.79 Å². The third-order valence-corrected chi connectivity index (χ3v) is 3.78. The summed E-state index contributed by atoms with van der Waals surface area (Å²) in [5.41, 5.74) is 1.05. The molecule has 2 saturated heterocycles. The van der Waals surface area contributed by atoms with E-state index in [1.165, 1.54) is 20.0 Å². The number of carbonyl (C=O) groups is 4. The molecule has 8 nitrogen and oxygen atoms in total. The fourth-order valence-corrected chi connectivity index (χ4v) is 2.57. The Hall–Kier alpha value is -3.16. The predicted octanol–water partition coefficient (Wildman–Crippen LogP) is 0.949. The standard InChI is InChI=1S/C17H16N2O6/c1-17(2)24-15(22)12(16(23)25-17)8-18-10-5-3-9(4-6-10)11-7-13(20)19-14(11)21/h3-6,8,11,18H,7H2,1-2H3,(H,19,20,21). The highest BCUT2D eigenvalue weighted by Gasteiger charge is 2.39. The molecule has 1 atom stereocenters. The maximum absolute atomic E-state index is 11.8. The van der Waals surface area contributed by atoms with Crippen molar-refractivity contribution in [1.29, 1.82) is 0 Å². The molecule has 2 N–H and O–H groups in total. The van der Waals surface area contributed by atoms with Crippen LogP contribution in [0.5, 0.6) is 0 Å².